The van der Waals surface area contributed by atoms with Crippen LogP contribution in [0.25, 0.3) is 81.0 Å². The van der Waals surface area contributed by atoms with Crippen LogP contribution in [0.1, 0.15) is 105 Å². The smallest absolute Gasteiger partial charge is 0.124 e. The van der Waals surface area contributed by atoms with E-state index in [1.54, 1.807) is 11.3 Å². The molecule has 0 atom stereocenters. The lowest BCUT2D eigenvalue weighted by molar-refractivity contribution is 0.596. The van der Waals surface area contributed by atoms with Gasteiger partial charge in [-0.25, -0.2) is 4.98 Å². The van der Waals surface area contributed by atoms with E-state index in [9.17, 15) is 0 Å². The molecule has 12 aromatic rings. The van der Waals surface area contributed by atoms with Gasteiger partial charge in [0.25, 0.3) is 0 Å². The first-order valence-corrected chi connectivity index (χ1v) is 26.6. The standard InChI is InChI=1S/4C15H15NS/c1-15(2,3)12-8-4-6-10-11-7-5-9-16-14(11)17-13(10)12;1-15(2,3)11-7-4-6-10-13-12(17-14(10)11)8-5-9-16-13;1-15(2,3)12-6-4-5-11-10-7-8-16-9-13(10)17-14(11)12;1-15(2,3)12-6-4-5-10-11-9-16-8-7-13(11)17-14(10)12/h4*4-9H,1-3H3. The Morgan fingerprint density at radius 2 is 0.735 bits per heavy atom. The minimum atomic E-state index is 0.181. The molecule has 0 saturated carbocycles. The van der Waals surface area contributed by atoms with Gasteiger partial charge in [-0.1, -0.05) is 156 Å². The average molecular weight is 965 g/mol. The number of hydrogen-bond donors (Lipinski definition) is 0. The van der Waals surface area contributed by atoms with Crippen LogP contribution < -0.4 is 0 Å². The fourth-order valence-corrected chi connectivity index (χ4v) is 14.4. The molecule has 0 unspecified atom stereocenters. The van der Waals surface area contributed by atoms with Gasteiger partial charge in [-0.2, -0.15) is 0 Å². The Morgan fingerprint density at radius 1 is 0.309 bits per heavy atom. The number of benzene rings is 4. The van der Waals surface area contributed by atoms with Gasteiger partial charge >= 0.3 is 0 Å². The largest absolute Gasteiger partial charge is 0.264 e. The highest BCUT2D eigenvalue weighted by Crippen LogP contribution is 2.43. The molecule has 4 aromatic carbocycles. The third-order valence-electron chi connectivity index (χ3n) is 12.4. The van der Waals surface area contributed by atoms with Gasteiger partial charge in [0.2, 0.25) is 0 Å². The van der Waals surface area contributed by atoms with Crippen molar-refractivity contribution in [2.75, 3.05) is 0 Å². The maximum atomic E-state index is 4.50. The summed E-state index contributed by atoms with van der Waals surface area (Å²) in [4.78, 5) is 18.5. The summed E-state index contributed by atoms with van der Waals surface area (Å²) in [7, 11) is 0. The van der Waals surface area contributed by atoms with Gasteiger partial charge in [-0.15, -0.1) is 45.3 Å². The minimum Gasteiger partial charge on any atom is -0.264 e. The molecule has 0 aliphatic carbocycles. The summed E-state index contributed by atoms with van der Waals surface area (Å²) >= 11 is 7.38. The van der Waals surface area contributed by atoms with E-state index in [4.69, 9.17) is 0 Å². The lowest BCUT2D eigenvalue weighted by atomic mass is 9.86. The van der Waals surface area contributed by atoms with Gasteiger partial charge < -0.3 is 0 Å². The summed E-state index contributed by atoms with van der Waals surface area (Å²) < 4.78 is 9.46. The van der Waals surface area contributed by atoms with Gasteiger partial charge in [0.05, 0.1) is 14.9 Å². The fourth-order valence-electron chi connectivity index (χ4n) is 8.91. The van der Waals surface area contributed by atoms with Crippen molar-refractivity contribution in [2.24, 2.45) is 0 Å². The summed E-state index contributed by atoms with van der Waals surface area (Å²) in [5.74, 6) is 0. The molecule has 8 heterocycles. The maximum Gasteiger partial charge on any atom is 0.124 e. The van der Waals surface area contributed by atoms with Crippen molar-refractivity contribution < 1.29 is 0 Å². The molecule has 0 amide bonds. The van der Waals surface area contributed by atoms with Crippen LogP contribution in [-0.2, 0) is 21.7 Å². The molecular formula is C60H60N4S4. The third-order valence-corrected chi connectivity index (χ3v) is 17.1. The van der Waals surface area contributed by atoms with Gasteiger partial charge in [-0.05, 0) is 80.3 Å². The SMILES string of the molecule is CC(C)(C)c1cccc2c1sc1cccnc12.CC(C)(C)c1cccc2c1sc1ccncc12.CC(C)(C)c1cccc2c1sc1cnccc12.CC(C)(C)c1cccc2c1sc1ncccc12. The molecule has 0 fully saturated rings. The van der Waals surface area contributed by atoms with Gasteiger partial charge in [0, 0.05) is 98.4 Å². The van der Waals surface area contributed by atoms with Crippen LogP contribution in [-0.4, -0.2) is 19.9 Å². The van der Waals surface area contributed by atoms with Crippen molar-refractivity contribution in [1.29, 1.82) is 0 Å². The van der Waals surface area contributed by atoms with E-state index in [0.717, 1.165) is 10.3 Å². The number of rotatable bonds is 0. The Hall–Kier alpha value is -5.64. The Bertz CT molecular complexity index is 3250. The molecule has 8 aromatic heterocycles. The second kappa shape index (κ2) is 18.4. The maximum absolute atomic E-state index is 4.50. The van der Waals surface area contributed by atoms with Crippen LogP contribution in [0.4, 0.5) is 0 Å². The zero-order valence-electron chi connectivity index (χ0n) is 41.3. The van der Waals surface area contributed by atoms with E-state index in [0.29, 0.717) is 0 Å². The van der Waals surface area contributed by atoms with E-state index in [1.807, 2.05) is 83.3 Å². The Morgan fingerprint density at radius 3 is 1.32 bits per heavy atom. The highest BCUT2D eigenvalue weighted by atomic mass is 32.1. The van der Waals surface area contributed by atoms with Crippen LogP contribution in [0.5, 0.6) is 0 Å². The second-order valence-corrected chi connectivity index (χ2v) is 25.7. The van der Waals surface area contributed by atoms with Crippen LogP contribution in [0.15, 0.2) is 146 Å². The molecule has 8 heteroatoms. The molecule has 68 heavy (non-hydrogen) atoms. The lowest BCUT2D eigenvalue weighted by Crippen LogP contribution is -2.10. The number of aromatic nitrogens is 4. The van der Waals surface area contributed by atoms with Gasteiger partial charge in [-0.3, -0.25) is 15.0 Å². The zero-order valence-corrected chi connectivity index (χ0v) is 44.5. The fraction of sp³-hybridized carbons (Fsp3) is 0.267. The molecule has 0 bridgehead atoms. The van der Waals surface area contributed by atoms with Crippen molar-refractivity contribution in [1.82, 2.24) is 19.9 Å². The van der Waals surface area contributed by atoms with E-state index in [-0.39, 0.29) is 21.7 Å². The number of nitrogens with zero attached hydrogens (tertiary/aromatic N) is 4. The van der Waals surface area contributed by atoms with Crippen molar-refractivity contribution in [3.8, 4) is 0 Å². The average Bonchev–Trinajstić information content (AvgIpc) is 4.08. The van der Waals surface area contributed by atoms with E-state index < -0.39 is 0 Å². The normalized spacial score (nSPS) is 12.4. The van der Waals surface area contributed by atoms with Crippen molar-refractivity contribution >= 4 is 126 Å². The van der Waals surface area contributed by atoms with E-state index in [1.165, 1.54) is 92.9 Å². The first kappa shape index (κ1) is 47.4. The van der Waals surface area contributed by atoms with Crippen LogP contribution >= 0.6 is 45.3 Å². The first-order chi connectivity index (χ1) is 32.3. The molecule has 0 aliphatic rings. The van der Waals surface area contributed by atoms with E-state index >= 15 is 0 Å². The minimum absolute atomic E-state index is 0.181. The zero-order chi connectivity index (χ0) is 48.2. The van der Waals surface area contributed by atoms with Crippen molar-refractivity contribution in [3.63, 3.8) is 0 Å². The summed E-state index contributed by atoms with van der Waals surface area (Å²) in [5.41, 5.74) is 7.56. The first-order valence-electron chi connectivity index (χ1n) is 23.3. The van der Waals surface area contributed by atoms with E-state index in [2.05, 4.69) is 200 Å². The van der Waals surface area contributed by atoms with Crippen LogP contribution in [0.3, 0.4) is 0 Å². The molecule has 0 radical (unpaired) electrons. The van der Waals surface area contributed by atoms with Crippen molar-refractivity contribution in [3.05, 3.63) is 169 Å². The summed E-state index contributed by atoms with van der Waals surface area (Å²) in [6, 6.07) is 38.9. The molecule has 0 spiro atoms. The Balaban J connectivity index is 0.000000113. The van der Waals surface area contributed by atoms with Crippen molar-refractivity contribution in [2.45, 2.75) is 105 Å². The van der Waals surface area contributed by atoms with Gasteiger partial charge in [0.1, 0.15) is 4.83 Å². The summed E-state index contributed by atoms with van der Waals surface area (Å²) in [6.45, 7) is 27.2. The molecule has 0 N–H and O–H groups in total. The molecular weight excluding hydrogens is 905 g/mol. The number of pyridine rings is 4. The highest BCUT2D eigenvalue weighted by molar-refractivity contribution is 7.27. The van der Waals surface area contributed by atoms with Gasteiger partial charge in [0.15, 0.2) is 0 Å². The Kier molecular flexibility index (Phi) is 12.8. The highest BCUT2D eigenvalue weighted by Gasteiger charge is 2.22. The predicted octanol–water partition coefficient (Wildman–Crippen LogP) is 19.0. The third kappa shape index (κ3) is 9.41. The quantitative estimate of drug-likeness (QED) is 0.152. The molecule has 12 rings (SSSR count). The van der Waals surface area contributed by atoms with Crippen LogP contribution in [0, 0.1) is 0 Å². The van der Waals surface area contributed by atoms with Crippen LogP contribution in [0.2, 0.25) is 0 Å². The summed E-state index contributed by atoms with van der Waals surface area (Å²) in [5, 5.41) is 9.21. The number of hydrogen-bond acceptors (Lipinski definition) is 8. The monoisotopic (exact) mass is 964 g/mol. The number of thiophene rings is 4. The number of fused-ring (bicyclic) bond motifs is 12. The molecule has 344 valence electrons. The molecule has 0 saturated heterocycles. The Labute approximate surface area is 416 Å². The lowest BCUT2D eigenvalue weighted by Gasteiger charge is -2.19. The molecule has 4 nitrogen and oxygen atoms in total. The summed E-state index contributed by atoms with van der Waals surface area (Å²) in [6.07, 6.45) is 11.4. The topological polar surface area (TPSA) is 51.6 Å². The molecule has 0 aliphatic heterocycles. The second-order valence-electron chi connectivity index (χ2n) is 21.6. The predicted molar refractivity (Wildman–Crippen MR) is 303 cm³/mol.